The van der Waals surface area contributed by atoms with Crippen LogP contribution in [0.4, 0.5) is 5.69 Å². The SMILES string of the molecule is COc1ccc(-c2ccc3cc(C(=O)Nc4ccc(C#N)cc4C(=O)O)n(C)c3c2)c(OC)c1OC. The molecule has 0 aliphatic carbocycles. The maximum atomic E-state index is 13.1. The number of ether oxygens (including phenoxy) is 3. The number of carbonyl (C=O) groups is 2. The highest BCUT2D eigenvalue weighted by Gasteiger charge is 2.20. The topological polar surface area (TPSA) is 123 Å². The Morgan fingerprint density at radius 2 is 1.69 bits per heavy atom. The number of fused-ring (bicyclic) bond motifs is 1. The van der Waals surface area contributed by atoms with E-state index in [4.69, 9.17) is 19.5 Å². The van der Waals surface area contributed by atoms with E-state index in [1.54, 1.807) is 45.1 Å². The highest BCUT2D eigenvalue weighted by Crippen LogP contribution is 2.44. The molecule has 1 aromatic heterocycles. The number of nitrogens with one attached hydrogen (secondary N) is 1. The quantitative estimate of drug-likeness (QED) is 0.389. The number of aromatic carboxylic acids is 1. The van der Waals surface area contributed by atoms with Gasteiger partial charge in [0.15, 0.2) is 11.5 Å². The summed E-state index contributed by atoms with van der Waals surface area (Å²) in [4.78, 5) is 24.7. The summed E-state index contributed by atoms with van der Waals surface area (Å²) in [5, 5.41) is 22.0. The molecule has 0 saturated heterocycles. The number of carbonyl (C=O) groups excluding carboxylic acids is 1. The van der Waals surface area contributed by atoms with E-state index >= 15 is 0 Å². The van der Waals surface area contributed by atoms with E-state index in [2.05, 4.69) is 5.32 Å². The average Bonchev–Trinajstić information content (AvgIpc) is 3.23. The van der Waals surface area contributed by atoms with Crippen molar-refractivity contribution in [1.82, 2.24) is 4.57 Å². The van der Waals surface area contributed by atoms with Crippen molar-refractivity contribution < 1.29 is 28.9 Å². The maximum Gasteiger partial charge on any atom is 0.337 e. The fraction of sp³-hybridized carbons (Fsp3) is 0.148. The van der Waals surface area contributed by atoms with Crippen LogP contribution in [0, 0.1) is 11.3 Å². The number of amides is 1. The Hall–Kier alpha value is -4.97. The zero-order valence-electron chi connectivity index (χ0n) is 20.1. The molecule has 1 amide bonds. The summed E-state index contributed by atoms with van der Waals surface area (Å²) < 4.78 is 18.2. The van der Waals surface area contributed by atoms with Gasteiger partial charge in [0.2, 0.25) is 5.75 Å². The van der Waals surface area contributed by atoms with Gasteiger partial charge in [-0.05, 0) is 48.0 Å². The predicted octanol–water partition coefficient (Wildman–Crippen LogP) is 4.69. The fourth-order valence-electron chi connectivity index (χ4n) is 4.13. The number of aryl methyl sites for hydroxylation is 1. The standard InChI is InChI=1S/C27H23N3O6/c1-30-21-12-16(18-8-10-23(34-2)25(36-4)24(18)35-3)6-7-17(21)13-22(30)26(31)29-20-9-5-15(14-28)11-19(20)27(32)33/h5-13H,1-4H3,(H,29,31)(H,32,33). The molecule has 9 heteroatoms. The average molecular weight is 485 g/mol. The highest BCUT2D eigenvalue weighted by atomic mass is 16.5. The Morgan fingerprint density at radius 3 is 2.33 bits per heavy atom. The van der Waals surface area contributed by atoms with Gasteiger partial charge >= 0.3 is 5.97 Å². The number of nitriles is 1. The number of carboxylic acid groups (broad SMARTS) is 1. The van der Waals surface area contributed by atoms with E-state index in [-0.39, 0.29) is 16.8 Å². The van der Waals surface area contributed by atoms with Gasteiger partial charge in [-0.3, -0.25) is 4.79 Å². The summed E-state index contributed by atoms with van der Waals surface area (Å²) >= 11 is 0. The molecule has 4 aromatic rings. The number of anilines is 1. The first-order chi connectivity index (χ1) is 17.3. The van der Waals surface area contributed by atoms with Crippen LogP contribution in [-0.4, -0.2) is 42.9 Å². The zero-order chi connectivity index (χ0) is 26.0. The lowest BCUT2D eigenvalue weighted by Gasteiger charge is -2.16. The number of carboxylic acids is 1. The third-order valence-corrected chi connectivity index (χ3v) is 5.92. The summed E-state index contributed by atoms with van der Waals surface area (Å²) in [5.74, 6) is -0.189. The Bertz CT molecular complexity index is 1550. The third kappa shape index (κ3) is 4.16. The first-order valence-electron chi connectivity index (χ1n) is 10.8. The summed E-state index contributed by atoms with van der Waals surface area (Å²) in [6, 6.07) is 17.1. The van der Waals surface area contributed by atoms with E-state index in [9.17, 15) is 14.7 Å². The fourth-order valence-corrected chi connectivity index (χ4v) is 4.13. The molecule has 0 saturated carbocycles. The van der Waals surface area contributed by atoms with Crippen molar-refractivity contribution in [3.8, 4) is 34.4 Å². The van der Waals surface area contributed by atoms with Crippen LogP contribution in [0.15, 0.2) is 54.6 Å². The monoisotopic (exact) mass is 485 g/mol. The van der Waals surface area contributed by atoms with Gasteiger partial charge in [-0.25, -0.2) is 4.79 Å². The summed E-state index contributed by atoms with van der Waals surface area (Å²) in [5.41, 5.74) is 2.88. The Kier molecular flexibility index (Phi) is 6.52. The predicted molar refractivity (Wildman–Crippen MR) is 134 cm³/mol. The number of hydrogen-bond acceptors (Lipinski definition) is 6. The van der Waals surface area contributed by atoms with E-state index in [1.165, 1.54) is 18.2 Å². The molecule has 36 heavy (non-hydrogen) atoms. The summed E-state index contributed by atoms with van der Waals surface area (Å²) in [6.07, 6.45) is 0. The van der Waals surface area contributed by atoms with Gasteiger partial charge < -0.3 is 29.2 Å². The second kappa shape index (κ2) is 9.72. The van der Waals surface area contributed by atoms with Crippen LogP contribution in [0.25, 0.3) is 22.0 Å². The van der Waals surface area contributed by atoms with Crippen molar-refractivity contribution in [3.63, 3.8) is 0 Å². The molecule has 182 valence electrons. The lowest BCUT2D eigenvalue weighted by molar-refractivity contribution is 0.0698. The van der Waals surface area contributed by atoms with E-state index in [0.717, 1.165) is 22.0 Å². The Morgan fingerprint density at radius 1 is 0.944 bits per heavy atom. The smallest absolute Gasteiger partial charge is 0.337 e. The highest BCUT2D eigenvalue weighted by molar-refractivity contribution is 6.09. The molecular weight excluding hydrogens is 462 g/mol. The van der Waals surface area contributed by atoms with Crippen molar-refractivity contribution >= 4 is 28.5 Å². The summed E-state index contributed by atoms with van der Waals surface area (Å²) in [6.45, 7) is 0. The molecule has 0 bridgehead atoms. The van der Waals surface area contributed by atoms with E-state index in [1.807, 2.05) is 30.3 Å². The lowest BCUT2D eigenvalue weighted by atomic mass is 10.0. The minimum atomic E-state index is -1.24. The molecule has 0 unspecified atom stereocenters. The van der Waals surface area contributed by atoms with Gasteiger partial charge in [0.1, 0.15) is 5.69 Å². The van der Waals surface area contributed by atoms with Crippen LogP contribution >= 0.6 is 0 Å². The largest absolute Gasteiger partial charge is 0.493 e. The maximum absolute atomic E-state index is 13.1. The number of methoxy groups -OCH3 is 3. The van der Waals surface area contributed by atoms with Crippen LogP contribution in [0.5, 0.6) is 17.2 Å². The second-order valence-corrected chi connectivity index (χ2v) is 7.88. The molecule has 0 spiro atoms. The third-order valence-electron chi connectivity index (χ3n) is 5.92. The van der Waals surface area contributed by atoms with E-state index in [0.29, 0.717) is 22.9 Å². The van der Waals surface area contributed by atoms with Crippen molar-refractivity contribution in [2.45, 2.75) is 0 Å². The van der Waals surface area contributed by atoms with Gasteiger partial charge in [-0.1, -0.05) is 12.1 Å². The van der Waals surface area contributed by atoms with Crippen molar-refractivity contribution in [2.24, 2.45) is 7.05 Å². The molecule has 0 aliphatic rings. The molecular formula is C27H23N3O6. The number of nitrogens with zero attached hydrogens (tertiary/aromatic N) is 2. The molecule has 3 aromatic carbocycles. The van der Waals surface area contributed by atoms with Gasteiger partial charge in [0.05, 0.1) is 44.2 Å². The molecule has 0 aliphatic heterocycles. The van der Waals surface area contributed by atoms with Crippen LogP contribution in [0.3, 0.4) is 0 Å². The molecule has 9 nitrogen and oxygen atoms in total. The van der Waals surface area contributed by atoms with Crippen molar-refractivity contribution in [3.05, 3.63) is 71.4 Å². The van der Waals surface area contributed by atoms with Crippen LogP contribution < -0.4 is 19.5 Å². The molecule has 0 radical (unpaired) electrons. The molecule has 2 N–H and O–H groups in total. The Labute approximate surface area is 207 Å². The zero-order valence-corrected chi connectivity index (χ0v) is 20.1. The first kappa shape index (κ1) is 24.2. The molecule has 4 rings (SSSR count). The van der Waals surface area contributed by atoms with Gasteiger partial charge in [-0.2, -0.15) is 5.26 Å². The van der Waals surface area contributed by atoms with Crippen LogP contribution in [0.1, 0.15) is 26.4 Å². The number of aromatic nitrogens is 1. The number of rotatable bonds is 7. The van der Waals surface area contributed by atoms with Crippen molar-refractivity contribution in [1.29, 1.82) is 5.26 Å². The first-order valence-corrected chi connectivity index (χ1v) is 10.8. The number of hydrogen-bond donors (Lipinski definition) is 2. The second-order valence-electron chi connectivity index (χ2n) is 7.88. The minimum Gasteiger partial charge on any atom is -0.493 e. The van der Waals surface area contributed by atoms with Gasteiger partial charge in [0, 0.05) is 23.5 Å². The summed E-state index contributed by atoms with van der Waals surface area (Å²) in [7, 11) is 6.40. The number of benzene rings is 3. The normalized spacial score (nSPS) is 10.5. The van der Waals surface area contributed by atoms with E-state index < -0.39 is 11.9 Å². The van der Waals surface area contributed by atoms with Gasteiger partial charge in [0.25, 0.3) is 5.91 Å². The molecule has 0 fully saturated rings. The van der Waals surface area contributed by atoms with Crippen molar-refractivity contribution in [2.75, 3.05) is 26.6 Å². The molecule has 0 atom stereocenters. The lowest BCUT2D eigenvalue weighted by Crippen LogP contribution is -2.17. The minimum absolute atomic E-state index is 0.104. The van der Waals surface area contributed by atoms with Crippen LogP contribution in [0.2, 0.25) is 0 Å². The Balaban J connectivity index is 1.74. The van der Waals surface area contributed by atoms with Gasteiger partial charge in [-0.15, -0.1) is 0 Å². The molecule has 1 heterocycles. The van der Waals surface area contributed by atoms with Crippen LogP contribution in [-0.2, 0) is 7.05 Å².